The van der Waals surface area contributed by atoms with Gasteiger partial charge in [-0.2, -0.15) is 0 Å². The smallest absolute Gasteiger partial charge is 0.257 e. The second-order valence-electron chi connectivity index (χ2n) is 5.01. The Morgan fingerprint density at radius 3 is 3.05 bits per heavy atom. The minimum atomic E-state index is -0.213. The molecule has 5 nitrogen and oxygen atoms in total. The van der Waals surface area contributed by atoms with Crippen molar-refractivity contribution in [1.29, 1.82) is 0 Å². The lowest BCUT2D eigenvalue weighted by molar-refractivity contribution is 0.0388. The summed E-state index contributed by atoms with van der Waals surface area (Å²) in [5, 5.41) is 9.83. The fourth-order valence-electron chi connectivity index (χ4n) is 2.36. The standard InChI is InChI=1S/C14H20N2O3/c1-16(8-10-4-3-7-19-9-10)14(18)11-5-2-6-12(15)13(11)17/h2,5-6,10,17H,3-4,7-9,15H2,1H3. The molecular formula is C14H20N2O3. The summed E-state index contributed by atoms with van der Waals surface area (Å²) in [6.45, 7) is 2.14. The zero-order valence-corrected chi connectivity index (χ0v) is 11.1. The first kappa shape index (κ1) is 13.7. The fraction of sp³-hybridized carbons (Fsp3) is 0.500. The van der Waals surface area contributed by atoms with Crippen LogP contribution < -0.4 is 5.73 Å². The monoisotopic (exact) mass is 264 g/mol. The molecule has 0 saturated carbocycles. The summed E-state index contributed by atoms with van der Waals surface area (Å²) in [6.07, 6.45) is 2.11. The zero-order valence-electron chi connectivity index (χ0n) is 11.1. The molecule has 1 fully saturated rings. The number of nitrogen functional groups attached to an aromatic ring is 1. The van der Waals surface area contributed by atoms with Crippen molar-refractivity contribution in [2.45, 2.75) is 12.8 Å². The van der Waals surface area contributed by atoms with Gasteiger partial charge in [0.15, 0.2) is 5.75 Å². The van der Waals surface area contributed by atoms with Crippen LogP contribution in [-0.4, -0.2) is 42.7 Å². The fourth-order valence-corrected chi connectivity index (χ4v) is 2.36. The minimum absolute atomic E-state index is 0.140. The number of nitrogens with zero attached hydrogens (tertiary/aromatic N) is 1. The molecule has 1 aromatic carbocycles. The summed E-state index contributed by atoms with van der Waals surface area (Å²) in [5.41, 5.74) is 6.07. The molecule has 1 aromatic rings. The maximum Gasteiger partial charge on any atom is 0.257 e. The van der Waals surface area contributed by atoms with Crippen LogP contribution in [0.15, 0.2) is 18.2 Å². The summed E-state index contributed by atoms with van der Waals surface area (Å²) in [6, 6.07) is 4.82. The van der Waals surface area contributed by atoms with Crippen molar-refractivity contribution in [3.05, 3.63) is 23.8 Å². The summed E-state index contributed by atoms with van der Waals surface area (Å²) in [5.74, 6) is 0.0144. The lowest BCUT2D eigenvalue weighted by Crippen LogP contribution is -2.35. The number of anilines is 1. The molecule has 1 heterocycles. The summed E-state index contributed by atoms with van der Waals surface area (Å²) in [4.78, 5) is 13.9. The molecule has 1 saturated heterocycles. The number of ether oxygens (including phenoxy) is 1. The van der Waals surface area contributed by atoms with Gasteiger partial charge in [0.25, 0.3) is 5.91 Å². The molecule has 1 atom stereocenters. The van der Waals surface area contributed by atoms with Crippen LogP contribution in [0, 0.1) is 5.92 Å². The Bertz CT molecular complexity index is 456. The number of rotatable bonds is 3. The molecule has 1 unspecified atom stereocenters. The van der Waals surface area contributed by atoms with Crippen LogP contribution in [0.2, 0.25) is 0 Å². The van der Waals surface area contributed by atoms with Crippen molar-refractivity contribution in [3.8, 4) is 5.75 Å². The Hall–Kier alpha value is -1.75. The van der Waals surface area contributed by atoms with Crippen LogP contribution in [0.4, 0.5) is 5.69 Å². The molecule has 104 valence electrons. The number of amides is 1. The van der Waals surface area contributed by atoms with Crippen LogP contribution in [-0.2, 0) is 4.74 Å². The van der Waals surface area contributed by atoms with E-state index in [-0.39, 0.29) is 22.9 Å². The van der Waals surface area contributed by atoms with Crippen LogP contribution >= 0.6 is 0 Å². The summed E-state index contributed by atoms with van der Waals surface area (Å²) in [7, 11) is 1.74. The highest BCUT2D eigenvalue weighted by Gasteiger charge is 2.21. The van der Waals surface area contributed by atoms with Crippen molar-refractivity contribution >= 4 is 11.6 Å². The molecule has 1 aliphatic heterocycles. The van der Waals surface area contributed by atoms with Gasteiger partial charge in [0, 0.05) is 20.2 Å². The molecule has 2 rings (SSSR count). The molecule has 1 amide bonds. The second kappa shape index (κ2) is 5.93. The van der Waals surface area contributed by atoms with Crippen LogP contribution in [0.5, 0.6) is 5.75 Å². The summed E-state index contributed by atoms with van der Waals surface area (Å²) < 4.78 is 5.40. The van der Waals surface area contributed by atoms with Gasteiger partial charge in [-0.3, -0.25) is 4.79 Å². The van der Waals surface area contributed by atoms with E-state index in [0.717, 1.165) is 19.4 Å². The van der Waals surface area contributed by atoms with Crippen molar-refractivity contribution < 1.29 is 14.6 Å². The molecule has 0 bridgehead atoms. The van der Waals surface area contributed by atoms with Crippen LogP contribution in [0.3, 0.4) is 0 Å². The zero-order chi connectivity index (χ0) is 13.8. The molecule has 1 aliphatic rings. The Balaban J connectivity index is 2.03. The highest BCUT2D eigenvalue weighted by molar-refractivity contribution is 5.98. The maximum absolute atomic E-state index is 12.3. The molecule has 0 spiro atoms. The first-order valence-corrected chi connectivity index (χ1v) is 6.50. The maximum atomic E-state index is 12.3. The van der Waals surface area contributed by atoms with Crippen molar-refractivity contribution in [1.82, 2.24) is 4.90 Å². The van der Waals surface area contributed by atoms with Gasteiger partial charge in [-0.05, 0) is 30.9 Å². The second-order valence-corrected chi connectivity index (χ2v) is 5.01. The van der Waals surface area contributed by atoms with Crippen molar-refractivity contribution in [2.24, 2.45) is 5.92 Å². The molecule has 0 aromatic heterocycles. The first-order valence-electron chi connectivity index (χ1n) is 6.50. The molecule has 3 N–H and O–H groups in total. The summed E-state index contributed by atoms with van der Waals surface area (Å²) >= 11 is 0. The van der Waals surface area contributed by atoms with Crippen molar-refractivity contribution in [3.63, 3.8) is 0 Å². The van der Waals surface area contributed by atoms with E-state index in [1.807, 2.05) is 0 Å². The van der Waals surface area contributed by atoms with E-state index in [1.165, 1.54) is 0 Å². The van der Waals surface area contributed by atoms with Gasteiger partial charge >= 0.3 is 0 Å². The van der Waals surface area contributed by atoms with Gasteiger partial charge in [-0.15, -0.1) is 0 Å². The van der Waals surface area contributed by atoms with E-state index in [0.29, 0.717) is 19.1 Å². The third-order valence-electron chi connectivity index (χ3n) is 3.43. The average molecular weight is 264 g/mol. The highest BCUT2D eigenvalue weighted by atomic mass is 16.5. The number of carbonyl (C=O) groups excluding carboxylic acids is 1. The van der Waals surface area contributed by atoms with E-state index in [1.54, 1.807) is 30.1 Å². The van der Waals surface area contributed by atoms with Gasteiger partial charge < -0.3 is 20.5 Å². The molecule has 5 heteroatoms. The number of phenols is 1. The van der Waals surface area contributed by atoms with Gasteiger partial charge in [0.1, 0.15) is 0 Å². The average Bonchev–Trinajstić information content (AvgIpc) is 2.42. The number of phenolic OH excluding ortho intramolecular Hbond substituents is 1. The van der Waals surface area contributed by atoms with E-state index < -0.39 is 0 Å². The third kappa shape index (κ3) is 3.17. The molecule has 19 heavy (non-hydrogen) atoms. The molecular weight excluding hydrogens is 244 g/mol. The Labute approximate surface area is 113 Å². The number of para-hydroxylation sites is 1. The van der Waals surface area contributed by atoms with E-state index in [4.69, 9.17) is 10.5 Å². The van der Waals surface area contributed by atoms with Gasteiger partial charge in [-0.25, -0.2) is 0 Å². The highest BCUT2D eigenvalue weighted by Crippen LogP contribution is 2.26. The largest absolute Gasteiger partial charge is 0.505 e. The van der Waals surface area contributed by atoms with Gasteiger partial charge in [0.05, 0.1) is 17.9 Å². The van der Waals surface area contributed by atoms with Gasteiger partial charge in [-0.1, -0.05) is 6.07 Å². The first-order chi connectivity index (χ1) is 9.09. The van der Waals surface area contributed by atoms with Crippen molar-refractivity contribution in [2.75, 3.05) is 32.5 Å². The number of hydrogen-bond acceptors (Lipinski definition) is 4. The van der Waals surface area contributed by atoms with Gasteiger partial charge in [0.2, 0.25) is 0 Å². The van der Waals surface area contributed by atoms with Crippen LogP contribution in [0.1, 0.15) is 23.2 Å². The lowest BCUT2D eigenvalue weighted by Gasteiger charge is -2.27. The number of nitrogens with two attached hydrogens (primary N) is 1. The molecule has 0 aliphatic carbocycles. The Kier molecular flexibility index (Phi) is 4.27. The molecule has 0 radical (unpaired) electrons. The topological polar surface area (TPSA) is 75.8 Å². The van der Waals surface area contributed by atoms with Crippen LogP contribution in [0.25, 0.3) is 0 Å². The Morgan fingerprint density at radius 2 is 2.37 bits per heavy atom. The SMILES string of the molecule is CN(CC1CCCOC1)C(=O)c1cccc(N)c1O. The minimum Gasteiger partial charge on any atom is -0.505 e. The number of benzene rings is 1. The normalized spacial score (nSPS) is 19.1. The number of hydrogen-bond donors (Lipinski definition) is 2. The third-order valence-corrected chi connectivity index (χ3v) is 3.43. The lowest BCUT2D eigenvalue weighted by atomic mass is 10.0. The quantitative estimate of drug-likeness (QED) is 0.640. The van der Waals surface area contributed by atoms with E-state index in [2.05, 4.69) is 0 Å². The van der Waals surface area contributed by atoms with E-state index >= 15 is 0 Å². The number of aromatic hydroxyl groups is 1. The Morgan fingerprint density at radius 1 is 1.58 bits per heavy atom. The number of carbonyl (C=O) groups is 1. The van der Waals surface area contributed by atoms with E-state index in [9.17, 15) is 9.90 Å². The predicted octanol–water partition coefficient (Wildman–Crippen LogP) is 1.47. The predicted molar refractivity (Wildman–Crippen MR) is 73.0 cm³/mol.